The first kappa shape index (κ1) is 36.9. The quantitative estimate of drug-likeness (QED) is 0.129. The van der Waals surface area contributed by atoms with Gasteiger partial charge >= 0.3 is 0 Å². The lowest BCUT2D eigenvalue weighted by Gasteiger charge is -2.28. The van der Waals surface area contributed by atoms with Crippen LogP contribution in [0, 0.1) is 0 Å². The Morgan fingerprint density at radius 3 is 1.29 bits per heavy atom. The minimum atomic E-state index is 0.572. The molecule has 10 aromatic rings. The maximum atomic E-state index is 7.01. The van der Waals surface area contributed by atoms with E-state index in [9.17, 15) is 0 Å². The van der Waals surface area contributed by atoms with Crippen LogP contribution < -0.4 is 14.7 Å². The number of para-hydroxylation sites is 5. The molecule has 296 valence electrons. The predicted molar refractivity (Wildman–Crippen MR) is 259 cm³/mol. The van der Waals surface area contributed by atoms with Crippen molar-refractivity contribution in [2.75, 3.05) is 14.7 Å². The molecule has 1 aliphatic carbocycles. The molecule has 0 spiro atoms. The molecule has 0 atom stereocenters. The molecule has 1 heterocycles. The Bertz CT molecular complexity index is 3140. The number of aromatic nitrogens is 1. The van der Waals surface area contributed by atoms with Crippen molar-refractivity contribution in [2.24, 2.45) is 0 Å². The zero-order valence-corrected chi connectivity index (χ0v) is 34.1. The third-order valence-electron chi connectivity index (χ3n) is 11.6. The fourth-order valence-corrected chi connectivity index (χ4v) is 8.75. The molecule has 62 heavy (non-hydrogen) atoms. The van der Waals surface area contributed by atoms with Crippen molar-refractivity contribution in [3.05, 3.63) is 236 Å². The molecule has 1 aromatic heterocycles. The van der Waals surface area contributed by atoms with E-state index in [0.29, 0.717) is 5.89 Å². The summed E-state index contributed by atoms with van der Waals surface area (Å²) in [5.74, 6) is 0.572. The molecule has 0 N–H and O–H groups in total. The number of fused-ring (bicyclic) bond motifs is 6. The summed E-state index contributed by atoms with van der Waals surface area (Å²) >= 11 is 0. The van der Waals surface area contributed by atoms with Gasteiger partial charge in [-0.25, -0.2) is 4.98 Å². The zero-order chi connectivity index (χ0) is 41.2. The Kier molecular flexibility index (Phi) is 9.60. The van der Waals surface area contributed by atoms with Crippen LogP contribution >= 0.6 is 0 Å². The molecule has 0 fully saturated rings. The van der Waals surface area contributed by atoms with Crippen molar-refractivity contribution in [3.63, 3.8) is 0 Å². The summed E-state index contributed by atoms with van der Waals surface area (Å²) in [6, 6.07) is 74.6. The number of benzene rings is 9. The van der Waals surface area contributed by atoms with E-state index in [1.165, 1.54) is 0 Å². The summed E-state index contributed by atoms with van der Waals surface area (Å²) in [4.78, 5) is 12.3. The highest BCUT2D eigenvalue weighted by Crippen LogP contribution is 2.44. The van der Waals surface area contributed by atoms with Crippen molar-refractivity contribution in [3.8, 4) is 11.5 Å². The number of nitrogens with zero attached hydrogens (tertiary/aromatic N) is 4. The van der Waals surface area contributed by atoms with E-state index in [1.54, 1.807) is 0 Å². The summed E-state index contributed by atoms with van der Waals surface area (Å²) in [5.41, 5.74) is 12.2. The van der Waals surface area contributed by atoms with Gasteiger partial charge in [-0.15, -0.1) is 0 Å². The van der Waals surface area contributed by atoms with Crippen LogP contribution in [0.15, 0.2) is 241 Å². The topological polar surface area (TPSA) is 35.8 Å². The average molecular weight is 799 g/mol. The minimum absolute atomic E-state index is 0.572. The van der Waals surface area contributed by atoms with Crippen molar-refractivity contribution >= 4 is 78.1 Å². The molecule has 0 bridgehead atoms. The van der Waals surface area contributed by atoms with E-state index >= 15 is 0 Å². The number of hydrogen-bond donors (Lipinski definition) is 0. The number of hydrogen-bond acceptors (Lipinski definition) is 5. The fraction of sp³-hybridized carbons (Fsp3) is 0.0351. The summed E-state index contributed by atoms with van der Waals surface area (Å²) in [5, 5.41) is 4.26. The minimum Gasteiger partial charge on any atom is -0.435 e. The molecule has 0 aliphatic heterocycles. The molecule has 5 nitrogen and oxygen atoms in total. The van der Waals surface area contributed by atoms with Gasteiger partial charge in [-0.05, 0) is 139 Å². The van der Waals surface area contributed by atoms with Gasteiger partial charge in [0.25, 0.3) is 0 Å². The van der Waals surface area contributed by atoms with E-state index in [4.69, 9.17) is 9.40 Å². The highest BCUT2D eigenvalue weighted by Gasteiger charge is 2.22. The van der Waals surface area contributed by atoms with Gasteiger partial charge in [-0.1, -0.05) is 115 Å². The lowest BCUT2D eigenvalue weighted by molar-refractivity contribution is 0.623. The van der Waals surface area contributed by atoms with E-state index in [1.807, 2.05) is 12.1 Å². The second kappa shape index (κ2) is 16.1. The van der Waals surface area contributed by atoms with Gasteiger partial charge in [0, 0.05) is 67.5 Å². The fourth-order valence-electron chi connectivity index (χ4n) is 8.75. The first-order chi connectivity index (χ1) is 30.8. The molecule has 11 rings (SSSR count). The number of allylic oxidation sites excluding steroid dienone is 3. The lowest BCUT2D eigenvalue weighted by atomic mass is 9.98. The Labute approximate surface area is 361 Å². The van der Waals surface area contributed by atoms with Gasteiger partial charge in [0.15, 0.2) is 5.58 Å². The first-order valence-corrected chi connectivity index (χ1v) is 21.2. The summed E-state index contributed by atoms with van der Waals surface area (Å²) in [7, 11) is 0. The van der Waals surface area contributed by atoms with E-state index < -0.39 is 0 Å². The third-order valence-corrected chi connectivity index (χ3v) is 11.6. The number of oxazole rings is 1. The number of rotatable bonds is 10. The van der Waals surface area contributed by atoms with Crippen LogP contribution in [0.3, 0.4) is 0 Å². The standard InChI is InChI=1S/C57H42N4O/c1-7-19-42(20-8-1)59(43-21-9-2-10-22-43)48-33-31-41(32-34-48)57-58-55-53-39-49(60(44-23-11-3-12-24-44)45-25-13-4-14-26-45)35-37-51(53)52-38-36-50(40-54(52)56(55)62-57)61(46-27-15-5-16-28-46)47-29-17-6-18-30-47/h1-3,5-13,15-40H,4,14H2. The zero-order valence-electron chi connectivity index (χ0n) is 34.1. The Balaban J connectivity index is 1.11. The van der Waals surface area contributed by atoms with Crippen LogP contribution in [0.1, 0.15) is 12.8 Å². The third kappa shape index (κ3) is 6.85. The highest BCUT2D eigenvalue weighted by molar-refractivity contribution is 6.24. The van der Waals surface area contributed by atoms with Gasteiger partial charge in [0.2, 0.25) is 5.89 Å². The first-order valence-electron chi connectivity index (χ1n) is 21.2. The smallest absolute Gasteiger partial charge is 0.227 e. The van der Waals surface area contributed by atoms with Crippen LogP contribution in [0.25, 0.3) is 44.1 Å². The molecule has 0 saturated carbocycles. The number of anilines is 8. The largest absolute Gasteiger partial charge is 0.435 e. The molecule has 0 saturated heterocycles. The van der Waals surface area contributed by atoms with E-state index in [0.717, 1.165) is 102 Å². The van der Waals surface area contributed by atoms with Crippen LogP contribution in [0.2, 0.25) is 0 Å². The molecule has 0 radical (unpaired) electrons. The molecule has 0 amide bonds. The van der Waals surface area contributed by atoms with Crippen LogP contribution in [-0.2, 0) is 0 Å². The van der Waals surface area contributed by atoms with Gasteiger partial charge < -0.3 is 19.1 Å². The second-order valence-electron chi connectivity index (χ2n) is 15.5. The van der Waals surface area contributed by atoms with Crippen LogP contribution in [0.4, 0.5) is 45.5 Å². The normalized spacial score (nSPS) is 12.4. The lowest BCUT2D eigenvalue weighted by Crippen LogP contribution is -2.16. The molecule has 0 unspecified atom stereocenters. The van der Waals surface area contributed by atoms with Gasteiger partial charge in [0.1, 0.15) is 5.52 Å². The van der Waals surface area contributed by atoms with Crippen LogP contribution in [0.5, 0.6) is 0 Å². The maximum absolute atomic E-state index is 7.01. The molecule has 5 heteroatoms. The Hall–Kier alpha value is -8.15. The summed E-state index contributed by atoms with van der Waals surface area (Å²) in [6.45, 7) is 0. The summed E-state index contributed by atoms with van der Waals surface area (Å²) < 4.78 is 7.01. The molecular formula is C57H42N4O. The van der Waals surface area contributed by atoms with Gasteiger partial charge in [-0.3, -0.25) is 0 Å². The molecule has 9 aromatic carbocycles. The van der Waals surface area contributed by atoms with Crippen LogP contribution in [-0.4, -0.2) is 4.98 Å². The van der Waals surface area contributed by atoms with Crippen molar-refractivity contribution in [1.82, 2.24) is 4.98 Å². The van der Waals surface area contributed by atoms with Crippen molar-refractivity contribution in [2.45, 2.75) is 12.8 Å². The maximum Gasteiger partial charge on any atom is 0.227 e. The highest BCUT2D eigenvalue weighted by atomic mass is 16.3. The SMILES string of the molecule is C1=CC(N(c2ccccc2)c2ccc3c4ccc(N(c5ccccc5)c5ccccc5)cc4c4oc(-c5ccc(N(c6ccccc6)c6ccccc6)cc5)nc4c3c2)=CCC1. The predicted octanol–water partition coefficient (Wildman–Crippen LogP) is 16.1. The summed E-state index contributed by atoms with van der Waals surface area (Å²) in [6.07, 6.45) is 8.87. The van der Waals surface area contributed by atoms with Gasteiger partial charge in [-0.2, -0.15) is 0 Å². The van der Waals surface area contributed by atoms with E-state index in [-0.39, 0.29) is 0 Å². The Morgan fingerprint density at radius 2 is 0.790 bits per heavy atom. The van der Waals surface area contributed by atoms with Crippen molar-refractivity contribution in [1.29, 1.82) is 0 Å². The van der Waals surface area contributed by atoms with E-state index in [2.05, 4.69) is 233 Å². The molecule has 1 aliphatic rings. The monoisotopic (exact) mass is 798 g/mol. The second-order valence-corrected chi connectivity index (χ2v) is 15.5. The average Bonchev–Trinajstić information content (AvgIpc) is 3.81. The van der Waals surface area contributed by atoms with Gasteiger partial charge in [0.05, 0.1) is 0 Å². The van der Waals surface area contributed by atoms with Crippen molar-refractivity contribution < 1.29 is 4.42 Å². The Morgan fingerprint density at radius 1 is 0.371 bits per heavy atom. The molecular weight excluding hydrogens is 757 g/mol.